The molecular weight excluding hydrogens is 472 g/mol. The molecule has 0 aromatic heterocycles. The first-order chi connectivity index (χ1) is 17.5. The van der Waals surface area contributed by atoms with Crippen molar-refractivity contribution in [3.63, 3.8) is 0 Å². The fourth-order valence-corrected chi connectivity index (χ4v) is 5.05. The molecule has 4 rings (SSSR count). The highest BCUT2D eigenvalue weighted by molar-refractivity contribution is 6.40. The van der Waals surface area contributed by atoms with Gasteiger partial charge in [0.2, 0.25) is 11.5 Å². The van der Waals surface area contributed by atoms with Gasteiger partial charge >= 0.3 is 11.9 Å². The van der Waals surface area contributed by atoms with Crippen LogP contribution in [0.3, 0.4) is 0 Å². The number of hydrogen-bond donors (Lipinski definition) is 3. The minimum absolute atomic E-state index is 0.0610. The highest BCUT2D eigenvalue weighted by atomic mass is 16.4. The standard InChI is InChI=1S/C29H30N2O6/c1-5-31-22-13-10-18(28(36)37)15-21(22)29(2,3)23(31)16-20-26(34)25(27(20)35)17-8-11-19(12-9-17)30(4)14-6-7-24(32)33/h8-13,15-16H,5-7,14H2,1-4H3,(H2-,32,33,34,35,36,37)/p+1. The zero-order chi connectivity index (χ0) is 27.1. The van der Waals surface area contributed by atoms with Crippen LogP contribution in [0.25, 0.3) is 5.57 Å². The summed E-state index contributed by atoms with van der Waals surface area (Å²) >= 11 is 0. The number of hydrogen-bond acceptors (Lipinski definition) is 5. The third-order valence-corrected chi connectivity index (χ3v) is 7.18. The van der Waals surface area contributed by atoms with Crippen molar-refractivity contribution in [3.05, 3.63) is 76.6 Å². The smallest absolute Gasteiger partial charge is 0.335 e. The number of carbonyl (C=O) groups excluding carboxylic acids is 1. The molecule has 0 unspecified atom stereocenters. The summed E-state index contributed by atoms with van der Waals surface area (Å²) in [5, 5.41) is 29.1. The lowest BCUT2D eigenvalue weighted by atomic mass is 9.77. The zero-order valence-electron chi connectivity index (χ0n) is 21.4. The molecular formula is C29H31N2O6+. The van der Waals surface area contributed by atoms with E-state index < -0.39 is 17.4 Å². The first-order valence-electron chi connectivity index (χ1n) is 12.2. The number of carboxylic acid groups (broad SMARTS) is 2. The number of rotatable bonds is 9. The highest BCUT2D eigenvalue weighted by Crippen LogP contribution is 2.43. The number of Topliss-reactive ketones (excluding diaryl/α,β-unsaturated/α-hetero) is 1. The van der Waals surface area contributed by atoms with Crippen LogP contribution >= 0.6 is 0 Å². The Kier molecular flexibility index (Phi) is 6.78. The lowest BCUT2D eigenvalue weighted by molar-refractivity contribution is -0.433. The highest BCUT2D eigenvalue weighted by Gasteiger charge is 2.46. The van der Waals surface area contributed by atoms with Crippen LogP contribution in [-0.2, 0) is 15.0 Å². The van der Waals surface area contributed by atoms with Crippen molar-refractivity contribution < 1.29 is 34.3 Å². The minimum Gasteiger partial charge on any atom is -0.506 e. The van der Waals surface area contributed by atoms with Gasteiger partial charge in [0, 0.05) is 43.4 Å². The average molecular weight is 504 g/mol. The van der Waals surface area contributed by atoms with Crippen LogP contribution in [0.5, 0.6) is 0 Å². The Balaban J connectivity index is 1.61. The molecule has 1 heterocycles. The van der Waals surface area contributed by atoms with Gasteiger partial charge in [-0.15, -0.1) is 0 Å². The first-order valence-corrected chi connectivity index (χ1v) is 12.2. The van der Waals surface area contributed by atoms with E-state index in [-0.39, 0.29) is 34.7 Å². The molecule has 0 bridgehead atoms. The number of nitrogens with zero attached hydrogens (tertiary/aromatic N) is 2. The Labute approximate surface area is 215 Å². The number of aliphatic carboxylic acids is 1. The summed E-state index contributed by atoms with van der Waals surface area (Å²) in [7, 11) is 1.88. The van der Waals surface area contributed by atoms with Gasteiger partial charge in [-0.3, -0.25) is 9.59 Å². The van der Waals surface area contributed by atoms with E-state index in [0.29, 0.717) is 25.1 Å². The second-order valence-electron chi connectivity index (χ2n) is 9.87. The Hall–Kier alpha value is -4.20. The summed E-state index contributed by atoms with van der Waals surface area (Å²) in [5.74, 6) is -2.13. The van der Waals surface area contributed by atoms with Crippen LogP contribution in [-0.4, -0.2) is 63.5 Å². The van der Waals surface area contributed by atoms with Gasteiger partial charge in [0.15, 0.2) is 5.71 Å². The molecule has 0 radical (unpaired) electrons. The van der Waals surface area contributed by atoms with Crippen LogP contribution in [0.4, 0.5) is 11.4 Å². The van der Waals surface area contributed by atoms with Crippen molar-refractivity contribution >= 4 is 40.4 Å². The Morgan fingerprint density at radius 2 is 1.76 bits per heavy atom. The number of fused-ring (bicyclic) bond motifs is 1. The van der Waals surface area contributed by atoms with E-state index in [4.69, 9.17) is 5.11 Å². The van der Waals surface area contributed by atoms with Crippen LogP contribution in [0, 0.1) is 0 Å². The number of carbonyl (C=O) groups is 3. The maximum Gasteiger partial charge on any atom is 0.335 e. The second kappa shape index (κ2) is 9.69. The minimum atomic E-state index is -0.995. The Morgan fingerprint density at radius 3 is 2.32 bits per heavy atom. The zero-order valence-corrected chi connectivity index (χ0v) is 21.4. The molecule has 8 nitrogen and oxygen atoms in total. The number of allylic oxidation sites excluding steroid dienone is 3. The lowest BCUT2D eigenvalue weighted by Crippen LogP contribution is -2.31. The van der Waals surface area contributed by atoms with Gasteiger partial charge < -0.3 is 20.2 Å². The molecule has 8 heteroatoms. The Bertz CT molecular complexity index is 1400. The number of carboxylic acids is 2. The van der Waals surface area contributed by atoms with Gasteiger partial charge in [0.25, 0.3) is 0 Å². The Morgan fingerprint density at radius 1 is 1.08 bits per heavy atom. The molecule has 0 fully saturated rings. The molecule has 0 amide bonds. The van der Waals surface area contributed by atoms with Crippen LogP contribution < -0.4 is 4.90 Å². The average Bonchev–Trinajstić information content (AvgIpc) is 3.07. The third kappa shape index (κ3) is 4.55. The van der Waals surface area contributed by atoms with Crippen LogP contribution in [0.2, 0.25) is 0 Å². The van der Waals surface area contributed by atoms with Crippen molar-refractivity contribution in [3.8, 4) is 0 Å². The first kappa shape index (κ1) is 25.9. The summed E-state index contributed by atoms with van der Waals surface area (Å²) in [6.45, 7) is 7.16. The van der Waals surface area contributed by atoms with E-state index in [0.717, 1.165) is 22.6 Å². The fourth-order valence-electron chi connectivity index (χ4n) is 5.05. The van der Waals surface area contributed by atoms with Gasteiger partial charge in [-0.1, -0.05) is 12.1 Å². The number of ketones is 1. The summed E-state index contributed by atoms with van der Waals surface area (Å²) in [6.07, 6.45) is 2.34. The van der Waals surface area contributed by atoms with Gasteiger partial charge in [-0.05, 0) is 57.0 Å². The summed E-state index contributed by atoms with van der Waals surface area (Å²) in [6, 6.07) is 12.3. The molecule has 0 saturated heterocycles. The van der Waals surface area contributed by atoms with Crippen molar-refractivity contribution in [2.45, 2.75) is 39.0 Å². The molecule has 0 saturated carbocycles. The molecule has 2 aliphatic rings. The van der Waals surface area contributed by atoms with E-state index >= 15 is 0 Å². The molecule has 0 spiro atoms. The monoisotopic (exact) mass is 503 g/mol. The molecule has 2 aromatic carbocycles. The summed E-state index contributed by atoms with van der Waals surface area (Å²) in [4.78, 5) is 37.3. The van der Waals surface area contributed by atoms with Gasteiger partial charge in [0.05, 0.1) is 22.1 Å². The fraction of sp³-hybridized carbons (Fsp3) is 0.310. The quantitative estimate of drug-likeness (QED) is 0.339. The lowest BCUT2D eigenvalue weighted by Gasteiger charge is -2.24. The van der Waals surface area contributed by atoms with Crippen LogP contribution in [0.15, 0.2) is 59.9 Å². The normalized spacial score (nSPS) is 17.2. The number of aromatic carboxylic acids is 1. The molecule has 37 heavy (non-hydrogen) atoms. The van der Waals surface area contributed by atoms with Gasteiger partial charge in [-0.2, -0.15) is 4.58 Å². The molecule has 2 aromatic rings. The van der Waals surface area contributed by atoms with Gasteiger partial charge in [-0.25, -0.2) is 4.79 Å². The predicted octanol–water partition coefficient (Wildman–Crippen LogP) is 4.56. The number of aliphatic hydroxyl groups is 1. The second-order valence-corrected chi connectivity index (χ2v) is 9.87. The van der Waals surface area contributed by atoms with Crippen molar-refractivity contribution in [2.24, 2.45) is 0 Å². The van der Waals surface area contributed by atoms with Crippen molar-refractivity contribution in [2.75, 3.05) is 25.0 Å². The largest absolute Gasteiger partial charge is 0.506 e. The summed E-state index contributed by atoms with van der Waals surface area (Å²) in [5.41, 5.74) is 4.21. The SMILES string of the molecule is CC[N+]1=C(C=C2C(=O)C(c3ccc(N(C)CCCC(=O)O)cc3)=C2O)C(C)(C)c2cc(C(=O)O)ccc21. The topological polar surface area (TPSA) is 118 Å². The number of aliphatic hydroxyl groups excluding tert-OH is 1. The van der Waals surface area contributed by atoms with Crippen molar-refractivity contribution in [1.29, 1.82) is 0 Å². The number of benzene rings is 2. The molecule has 1 aliphatic carbocycles. The maximum absolute atomic E-state index is 13.1. The molecule has 3 N–H and O–H groups in total. The van der Waals surface area contributed by atoms with E-state index in [2.05, 4.69) is 0 Å². The maximum atomic E-state index is 13.1. The summed E-state index contributed by atoms with van der Waals surface area (Å²) < 4.78 is 2.04. The third-order valence-electron chi connectivity index (χ3n) is 7.18. The number of anilines is 1. The van der Waals surface area contributed by atoms with E-state index in [1.54, 1.807) is 36.4 Å². The van der Waals surface area contributed by atoms with E-state index in [1.165, 1.54) is 0 Å². The molecule has 192 valence electrons. The van der Waals surface area contributed by atoms with E-state index in [1.807, 2.05) is 49.4 Å². The van der Waals surface area contributed by atoms with Crippen molar-refractivity contribution in [1.82, 2.24) is 0 Å². The van der Waals surface area contributed by atoms with Gasteiger partial charge in [0.1, 0.15) is 12.3 Å². The van der Waals surface area contributed by atoms with Crippen LogP contribution in [0.1, 0.15) is 55.1 Å². The van der Waals surface area contributed by atoms with E-state index in [9.17, 15) is 24.6 Å². The molecule has 1 aliphatic heterocycles. The molecule has 0 atom stereocenters. The predicted molar refractivity (Wildman–Crippen MR) is 141 cm³/mol.